The number of carbonyl (C=O) groups excluding carboxylic acids is 1. The largest absolute Gasteiger partial charge is 0.478 e. The zero-order valence-corrected chi connectivity index (χ0v) is 16.2. The lowest BCUT2D eigenvalue weighted by atomic mass is 9.97. The molecule has 0 aromatic carbocycles. The maximum absolute atomic E-state index is 12.9. The van der Waals surface area contributed by atoms with Crippen LogP contribution in [0, 0.1) is 5.92 Å². The minimum Gasteiger partial charge on any atom is -0.478 e. The zero-order valence-electron chi connectivity index (χ0n) is 15.4. The number of rotatable bonds is 7. The Morgan fingerprint density at radius 1 is 1.29 bits per heavy atom. The maximum Gasteiger partial charge on any atom is 0.337 e. The van der Waals surface area contributed by atoms with Gasteiger partial charge in [0.2, 0.25) is 5.91 Å². The van der Waals surface area contributed by atoms with Crippen LogP contribution in [0.5, 0.6) is 0 Å². The first-order chi connectivity index (χ1) is 13.2. The van der Waals surface area contributed by atoms with Crippen molar-refractivity contribution in [1.82, 2.24) is 14.5 Å². The first-order valence-electron chi connectivity index (χ1n) is 8.98. The molecule has 0 bridgehead atoms. The third-order valence-corrected chi connectivity index (χ3v) is 5.88. The number of nitrogens with one attached hydrogen (secondary N) is 1. The van der Waals surface area contributed by atoms with E-state index >= 15 is 0 Å². The lowest BCUT2D eigenvalue weighted by Crippen LogP contribution is -2.27. The van der Waals surface area contributed by atoms with Crippen LogP contribution in [0.15, 0.2) is 35.9 Å². The molecule has 2 N–H and O–H groups in total. The summed E-state index contributed by atoms with van der Waals surface area (Å²) < 4.78 is 25.0. The van der Waals surface area contributed by atoms with Gasteiger partial charge in [0, 0.05) is 18.6 Å². The Bertz CT molecular complexity index is 962. The van der Waals surface area contributed by atoms with Crippen molar-refractivity contribution in [3.63, 3.8) is 0 Å². The third kappa shape index (κ3) is 4.75. The molecule has 28 heavy (non-hydrogen) atoms. The van der Waals surface area contributed by atoms with Crippen LogP contribution in [0.2, 0.25) is 0 Å². The highest BCUT2D eigenvalue weighted by Crippen LogP contribution is 2.32. The fourth-order valence-corrected chi connectivity index (χ4v) is 3.96. The second-order valence-electron chi connectivity index (χ2n) is 7.06. The molecule has 9 nitrogen and oxygen atoms in total. The molecule has 2 aromatic rings. The molecule has 0 spiro atoms. The first-order valence-corrected chi connectivity index (χ1v) is 10.9. The summed E-state index contributed by atoms with van der Waals surface area (Å²) in [7, 11) is -3.47. The van der Waals surface area contributed by atoms with Crippen LogP contribution in [-0.2, 0) is 14.6 Å². The summed E-state index contributed by atoms with van der Waals surface area (Å²) in [6.07, 6.45) is 9.84. The summed E-state index contributed by atoms with van der Waals surface area (Å²) in [4.78, 5) is 31.7. The standard InChI is InChI=1S/C18H22N4O5S/c1-28(26,27)16-10-22(11-20-16)14(8-12-4-2-3-5-12)17(23)21-15-7-6-13(9-19-15)18(24)25/h6-7,9-12,14H,2-5,8H2,1H3,(H,24,25)(H,19,21,23)/t14-/m0/s1. The van der Waals surface area contributed by atoms with Gasteiger partial charge in [0.05, 0.1) is 11.9 Å². The van der Waals surface area contributed by atoms with Gasteiger partial charge in [-0.25, -0.2) is 23.2 Å². The smallest absolute Gasteiger partial charge is 0.337 e. The van der Waals surface area contributed by atoms with E-state index in [1.165, 1.54) is 35.4 Å². The van der Waals surface area contributed by atoms with Crippen molar-refractivity contribution in [2.75, 3.05) is 11.6 Å². The molecule has 1 fully saturated rings. The van der Waals surface area contributed by atoms with Gasteiger partial charge < -0.3 is 15.0 Å². The van der Waals surface area contributed by atoms with E-state index in [1.54, 1.807) is 0 Å². The van der Waals surface area contributed by atoms with Crippen molar-refractivity contribution < 1.29 is 23.1 Å². The molecule has 1 saturated carbocycles. The van der Waals surface area contributed by atoms with Crippen molar-refractivity contribution in [1.29, 1.82) is 0 Å². The van der Waals surface area contributed by atoms with Gasteiger partial charge in [0.15, 0.2) is 14.9 Å². The van der Waals surface area contributed by atoms with Crippen molar-refractivity contribution >= 4 is 27.5 Å². The average molecular weight is 406 g/mol. The first kappa shape index (κ1) is 20.0. The zero-order chi connectivity index (χ0) is 20.3. The molecule has 1 amide bonds. The van der Waals surface area contributed by atoms with Crippen LogP contribution in [0.1, 0.15) is 48.5 Å². The molecular weight excluding hydrogens is 384 g/mol. The quantitative estimate of drug-likeness (QED) is 0.720. The Hall–Kier alpha value is -2.75. The number of sulfone groups is 1. The number of carboxylic acids is 1. The molecule has 1 atom stereocenters. The molecular formula is C18H22N4O5S. The van der Waals surface area contributed by atoms with Gasteiger partial charge in [-0.15, -0.1) is 0 Å². The highest BCUT2D eigenvalue weighted by molar-refractivity contribution is 7.90. The molecule has 2 aromatic heterocycles. The molecule has 150 valence electrons. The molecule has 0 unspecified atom stereocenters. The van der Waals surface area contributed by atoms with Gasteiger partial charge in [-0.1, -0.05) is 25.7 Å². The molecule has 0 saturated heterocycles. The summed E-state index contributed by atoms with van der Waals surface area (Å²) >= 11 is 0. The number of hydrogen-bond donors (Lipinski definition) is 2. The normalized spacial score (nSPS) is 16.0. The Morgan fingerprint density at radius 3 is 2.54 bits per heavy atom. The molecule has 3 rings (SSSR count). The minimum atomic E-state index is -3.47. The van der Waals surface area contributed by atoms with E-state index in [4.69, 9.17) is 5.11 Å². The van der Waals surface area contributed by atoms with Crippen LogP contribution in [0.3, 0.4) is 0 Å². The van der Waals surface area contributed by atoms with E-state index in [0.29, 0.717) is 12.3 Å². The van der Waals surface area contributed by atoms with Gasteiger partial charge >= 0.3 is 5.97 Å². The number of carboxylic acid groups (broad SMARTS) is 1. The average Bonchev–Trinajstić information content (AvgIpc) is 3.31. The Balaban J connectivity index is 1.81. The highest BCUT2D eigenvalue weighted by atomic mass is 32.2. The minimum absolute atomic E-state index is 0.0212. The van der Waals surface area contributed by atoms with E-state index in [-0.39, 0.29) is 22.3 Å². The van der Waals surface area contributed by atoms with Gasteiger partial charge in [0.25, 0.3) is 0 Å². The predicted molar refractivity (Wildman–Crippen MR) is 101 cm³/mol. The molecule has 2 heterocycles. The summed E-state index contributed by atoms with van der Waals surface area (Å²) in [5.74, 6) is -0.840. The lowest BCUT2D eigenvalue weighted by molar-refractivity contribution is -0.119. The van der Waals surface area contributed by atoms with E-state index in [1.807, 2.05) is 0 Å². The number of nitrogens with zero attached hydrogens (tertiary/aromatic N) is 3. The maximum atomic E-state index is 12.9. The Labute approximate surface area is 162 Å². The van der Waals surface area contributed by atoms with Gasteiger partial charge in [-0.05, 0) is 24.5 Å². The third-order valence-electron chi connectivity index (χ3n) is 4.91. The van der Waals surface area contributed by atoms with Crippen LogP contribution < -0.4 is 5.32 Å². The predicted octanol–water partition coefficient (Wildman–Crippen LogP) is 2.14. The van der Waals surface area contributed by atoms with Gasteiger partial charge in [-0.2, -0.15) is 0 Å². The molecule has 10 heteroatoms. The number of carbonyl (C=O) groups is 2. The number of anilines is 1. The van der Waals surface area contributed by atoms with E-state index < -0.39 is 21.8 Å². The van der Waals surface area contributed by atoms with E-state index in [2.05, 4.69) is 15.3 Å². The number of aromatic carboxylic acids is 1. The van der Waals surface area contributed by atoms with Crippen molar-refractivity contribution in [2.24, 2.45) is 5.92 Å². The second-order valence-corrected chi connectivity index (χ2v) is 9.02. The number of amides is 1. The van der Waals surface area contributed by atoms with E-state index in [0.717, 1.165) is 31.9 Å². The molecule has 1 aliphatic carbocycles. The van der Waals surface area contributed by atoms with Crippen molar-refractivity contribution in [2.45, 2.75) is 43.2 Å². The van der Waals surface area contributed by atoms with Crippen LogP contribution in [0.25, 0.3) is 0 Å². The Morgan fingerprint density at radius 2 is 2.00 bits per heavy atom. The van der Waals surface area contributed by atoms with E-state index in [9.17, 15) is 18.0 Å². The van der Waals surface area contributed by atoms with Gasteiger partial charge in [0.1, 0.15) is 11.9 Å². The van der Waals surface area contributed by atoms with Gasteiger partial charge in [-0.3, -0.25) is 4.79 Å². The molecule has 0 radical (unpaired) electrons. The van der Waals surface area contributed by atoms with Crippen molar-refractivity contribution in [3.05, 3.63) is 36.4 Å². The number of hydrogen-bond acceptors (Lipinski definition) is 6. The summed E-state index contributed by atoms with van der Waals surface area (Å²) in [5.41, 5.74) is 0.0212. The monoisotopic (exact) mass is 406 g/mol. The topological polar surface area (TPSA) is 131 Å². The number of pyridine rings is 1. The van der Waals surface area contributed by atoms with Crippen molar-refractivity contribution in [3.8, 4) is 0 Å². The number of imidazole rings is 1. The summed E-state index contributed by atoms with van der Waals surface area (Å²) in [6.45, 7) is 0. The Kier molecular flexibility index (Phi) is 5.78. The fourth-order valence-electron chi connectivity index (χ4n) is 3.41. The molecule has 0 aliphatic heterocycles. The van der Waals surface area contributed by atoms with Crippen LogP contribution in [0.4, 0.5) is 5.82 Å². The van der Waals surface area contributed by atoms with Crippen LogP contribution >= 0.6 is 0 Å². The fraction of sp³-hybridized carbons (Fsp3) is 0.444. The lowest BCUT2D eigenvalue weighted by Gasteiger charge is -2.21. The van der Waals surface area contributed by atoms with Crippen LogP contribution in [-0.4, -0.2) is 46.2 Å². The number of aromatic nitrogens is 3. The highest BCUT2D eigenvalue weighted by Gasteiger charge is 2.28. The molecule has 1 aliphatic rings. The SMILES string of the molecule is CS(=O)(=O)c1cn([C@@H](CC2CCCC2)C(=O)Nc2ccc(C(=O)O)cn2)cn1. The second kappa shape index (κ2) is 8.09. The summed E-state index contributed by atoms with van der Waals surface area (Å²) in [6, 6.07) is 2.15. The summed E-state index contributed by atoms with van der Waals surface area (Å²) in [5, 5.41) is 11.5.